The van der Waals surface area contributed by atoms with Crippen molar-refractivity contribution in [2.24, 2.45) is 4.99 Å². The van der Waals surface area contributed by atoms with Crippen molar-refractivity contribution in [2.45, 2.75) is 0 Å². The van der Waals surface area contributed by atoms with Crippen LogP contribution in [0.1, 0.15) is 15.9 Å². The van der Waals surface area contributed by atoms with Gasteiger partial charge in [-0.2, -0.15) is 0 Å². The van der Waals surface area contributed by atoms with Crippen LogP contribution in [0, 0.1) is 0 Å². The molecule has 1 aliphatic heterocycles. The third kappa shape index (κ3) is 4.58. The van der Waals surface area contributed by atoms with E-state index < -0.39 is 5.97 Å². The smallest absolute Gasteiger partial charge is 0.335 e. The van der Waals surface area contributed by atoms with E-state index in [0.29, 0.717) is 15.8 Å². The number of hydrogen-bond acceptors (Lipinski definition) is 5. The maximum absolute atomic E-state index is 12.7. The molecule has 0 radical (unpaired) electrons. The van der Waals surface area contributed by atoms with Gasteiger partial charge in [0.2, 0.25) is 0 Å². The highest BCUT2D eigenvalue weighted by Gasteiger charge is 2.30. The summed E-state index contributed by atoms with van der Waals surface area (Å²) < 4.78 is 5.20. The second-order valence-corrected chi connectivity index (χ2v) is 8.08. The number of thioether (sulfide) groups is 1. The number of aliphatic imine (C=N–C) groups is 1. The largest absolute Gasteiger partial charge is 0.497 e. The van der Waals surface area contributed by atoms with Crippen LogP contribution in [0.15, 0.2) is 82.7 Å². The number of ether oxygens (including phenoxy) is 1. The van der Waals surface area contributed by atoms with Gasteiger partial charge in [-0.25, -0.2) is 9.79 Å². The lowest BCUT2D eigenvalue weighted by Crippen LogP contribution is -2.23. The summed E-state index contributed by atoms with van der Waals surface area (Å²) in [5.74, 6) is -0.309. The lowest BCUT2D eigenvalue weighted by atomic mass is 10.0. The lowest BCUT2D eigenvalue weighted by Gasteiger charge is -2.07. The molecule has 6 nitrogen and oxygen atoms in total. The second kappa shape index (κ2) is 9.11. The summed E-state index contributed by atoms with van der Waals surface area (Å²) in [6, 6.07) is 22.0. The van der Waals surface area contributed by atoms with Crippen LogP contribution in [0.4, 0.5) is 5.69 Å². The van der Waals surface area contributed by atoms with E-state index in [-0.39, 0.29) is 11.5 Å². The van der Waals surface area contributed by atoms with Crippen molar-refractivity contribution in [2.75, 3.05) is 14.2 Å². The fraction of sp³-hybridized carbons (Fsp3) is 0.0800. The minimum Gasteiger partial charge on any atom is -0.497 e. The molecule has 0 saturated carbocycles. The van der Waals surface area contributed by atoms with Crippen molar-refractivity contribution in [3.05, 3.63) is 88.8 Å². The molecule has 0 unspecified atom stereocenters. The number of likely N-dealkylation sites (N-methyl/N-ethyl adjacent to an activating group) is 1. The number of carboxylic acid groups (broad SMARTS) is 1. The quantitative estimate of drug-likeness (QED) is 0.541. The zero-order valence-electron chi connectivity index (χ0n) is 17.5. The number of amidine groups is 1. The highest BCUT2D eigenvalue weighted by Crippen LogP contribution is 2.33. The third-order valence-corrected chi connectivity index (χ3v) is 6.03. The monoisotopic (exact) mass is 444 g/mol. The van der Waals surface area contributed by atoms with E-state index in [1.54, 1.807) is 26.3 Å². The standard InChI is InChI=1S/C25H20N2O4S/c1-27-23(28)22(32-25(27)26-20-11-7-19(8-12-20)24(29)30)15-16-3-5-17(6-4-16)18-9-13-21(31-2)14-10-18/h3-15H,1-2H3,(H,29,30)/b22-15-,26-25+. The van der Waals surface area contributed by atoms with Crippen molar-refractivity contribution in [1.82, 2.24) is 4.90 Å². The predicted molar refractivity (Wildman–Crippen MR) is 127 cm³/mol. The Morgan fingerprint density at radius 3 is 2.12 bits per heavy atom. The molecule has 7 heteroatoms. The minimum atomic E-state index is -0.991. The first kappa shape index (κ1) is 21.4. The molecule has 160 valence electrons. The van der Waals surface area contributed by atoms with Gasteiger partial charge in [-0.05, 0) is 70.9 Å². The van der Waals surface area contributed by atoms with E-state index in [1.165, 1.54) is 28.8 Å². The number of carboxylic acids is 1. The molecule has 1 aliphatic rings. The van der Waals surface area contributed by atoms with Crippen LogP contribution in [0.25, 0.3) is 17.2 Å². The summed E-state index contributed by atoms with van der Waals surface area (Å²) in [5.41, 5.74) is 3.85. The molecule has 0 atom stereocenters. The van der Waals surface area contributed by atoms with Crippen LogP contribution < -0.4 is 4.74 Å². The van der Waals surface area contributed by atoms with Gasteiger partial charge >= 0.3 is 5.97 Å². The number of hydrogen-bond donors (Lipinski definition) is 1. The Balaban J connectivity index is 1.52. The number of carbonyl (C=O) groups excluding carboxylic acids is 1. The summed E-state index contributed by atoms with van der Waals surface area (Å²) in [4.78, 5) is 30.2. The topological polar surface area (TPSA) is 79.2 Å². The molecule has 1 amide bonds. The van der Waals surface area contributed by atoms with E-state index in [2.05, 4.69) is 4.99 Å². The van der Waals surface area contributed by atoms with Gasteiger partial charge in [-0.3, -0.25) is 9.69 Å². The summed E-state index contributed by atoms with van der Waals surface area (Å²) in [6.45, 7) is 0. The average molecular weight is 445 g/mol. The average Bonchev–Trinajstić information content (AvgIpc) is 3.07. The Labute approximate surface area is 189 Å². The number of carbonyl (C=O) groups is 2. The lowest BCUT2D eigenvalue weighted by molar-refractivity contribution is -0.121. The van der Waals surface area contributed by atoms with Crippen molar-refractivity contribution < 1.29 is 19.4 Å². The number of rotatable bonds is 5. The molecule has 3 aromatic carbocycles. The number of aromatic carboxylic acids is 1. The van der Waals surface area contributed by atoms with Gasteiger partial charge in [0.25, 0.3) is 5.91 Å². The normalized spacial score (nSPS) is 16.1. The minimum absolute atomic E-state index is 0.130. The molecular weight excluding hydrogens is 424 g/mol. The molecule has 1 heterocycles. The van der Waals surface area contributed by atoms with Crippen molar-refractivity contribution in [3.8, 4) is 16.9 Å². The Morgan fingerprint density at radius 1 is 0.969 bits per heavy atom. The van der Waals surface area contributed by atoms with Gasteiger partial charge in [0.15, 0.2) is 5.17 Å². The molecule has 0 spiro atoms. The molecule has 4 rings (SSSR count). The number of amides is 1. The van der Waals surface area contributed by atoms with Crippen molar-refractivity contribution >= 4 is 40.6 Å². The van der Waals surface area contributed by atoms with Crippen molar-refractivity contribution in [3.63, 3.8) is 0 Å². The molecule has 3 aromatic rings. The van der Waals surface area contributed by atoms with Crippen LogP contribution in [0.5, 0.6) is 5.75 Å². The van der Waals surface area contributed by atoms with Gasteiger partial charge in [-0.1, -0.05) is 36.4 Å². The molecular formula is C25H20N2O4S. The fourth-order valence-corrected chi connectivity index (χ4v) is 4.13. The molecule has 0 aliphatic carbocycles. The molecule has 1 fully saturated rings. The van der Waals surface area contributed by atoms with Gasteiger partial charge in [0, 0.05) is 7.05 Å². The third-order valence-electron chi connectivity index (χ3n) is 4.97. The van der Waals surface area contributed by atoms with E-state index in [1.807, 2.05) is 54.6 Å². The van der Waals surface area contributed by atoms with E-state index in [0.717, 1.165) is 22.4 Å². The molecule has 1 N–H and O–H groups in total. The van der Waals surface area contributed by atoms with Gasteiger partial charge in [0.1, 0.15) is 5.75 Å². The highest BCUT2D eigenvalue weighted by molar-refractivity contribution is 8.18. The first-order chi connectivity index (χ1) is 15.4. The Hall–Kier alpha value is -3.84. The molecule has 0 bridgehead atoms. The summed E-state index contributed by atoms with van der Waals surface area (Å²) >= 11 is 1.29. The maximum Gasteiger partial charge on any atom is 0.335 e. The van der Waals surface area contributed by atoms with Crippen LogP contribution in [0.2, 0.25) is 0 Å². The highest BCUT2D eigenvalue weighted by atomic mass is 32.2. The first-order valence-electron chi connectivity index (χ1n) is 9.79. The summed E-state index contributed by atoms with van der Waals surface area (Å²) in [7, 11) is 3.32. The van der Waals surface area contributed by atoms with E-state index in [4.69, 9.17) is 9.84 Å². The fourth-order valence-electron chi connectivity index (χ4n) is 3.15. The van der Waals surface area contributed by atoms with Gasteiger partial charge in [-0.15, -0.1) is 0 Å². The zero-order valence-corrected chi connectivity index (χ0v) is 18.3. The zero-order chi connectivity index (χ0) is 22.7. The van der Waals surface area contributed by atoms with Crippen molar-refractivity contribution in [1.29, 1.82) is 0 Å². The maximum atomic E-state index is 12.7. The van der Waals surface area contributed by atoms with E-state index >= 15 is 0 Å². The Morgan fingerprint density at radius 2 is 1.56 bits per heavy atom. The van der Waals surface area contributed by atoms with E-state index in [9.17, 15) is 9.59 Å². The predicted octanol–water partition coefficient (Wildman–Crippen LogP) is 5.29. The van der Waals surface area contributed by atoms with Gasteiger partial charge in [0.05, 0.1) is 23.3 Å². The second-order valence-electron chi connectivity index (χ2n) is 7.07. The van der Waals surface area contributed by atoms with Crippen LogP contribution in [-0.4, -0.2) is 41.2 Å². The van der Waals surface area contributed by atoms with Crippen LogP contribution >= 0.6 is 11.8 Å². The number of benzene rings is 3. The first-order valence-corrected chi connectivity index (χ1v) is 10.6. The molecule has 32 heavy (non-hydrogen) atoms. The Kier molecular flexibility index (Phi) is 6.09. The van der Waals surface area contributed by atoms with Gasteiger partial charge < -0.3 is 9.84 Å². The summed E-state index contributed by atoms with van der Waals surface area (Å²) in [5, 5.41) is 9.55. The summed E-state index contributed by atoms with van der Waals surface area (Å²) in [6.07, 6.45) is 1.84. The van der Waals surface area contributed by atoms with Crippen LogP contribution in [-0.2, 0) is 4.79 Å². The number of methoxy groups -OCH3 is 1. The molecule has 0 aromatic heterocycles. The SMILES string of the molecule is COc1ccc(-c2ccc(/C=C3\S/C(=N/c4ccc(C(=O)O)cc4)N(C)C3=O)cc2)cc1. The molecule has 1 saturated heterocycles. The number of nitrogens with zero attached hydrogens (tertiary/aromatic N) is 2. The Bertz CT molecular complexity index is 1210. The van der Waals surface area contributed by atoms with Crippen LogP contribution in [0.3, 0.4) is 0 Å².